The molecule has 23 heavy (non-hydrogen) atoms. The summed E-state index contributed by atoms with van der Waals surface area (Å²) in [5.74, 6) is 0. The van der Waals surface area contributed by atoms with Crippen molar-refractivity contribution < 1.29 is 5.11 Å². The number of nitrogens with zero attached hydrogens (tertiary/aromatic N) is 3. The fourth-order valence-corrected chi connectivity index (χ4v) is 2.71. The van der Waals surface area contributed by atoms with E-state index >= 15 is 0 Å². The van der Waals surface area contributed by atoms with Gasteiger partial charge < -0.3 is 10.4 Å². The molecule has 7 heteroatoms. The monoisotopic (exact) mass is 320 g/mol. The molecule has 0 aromatic carbocycles. The molecule has 0 fully saturated rings. The smallest absolute Gasteiger partial charge is 0.332 e. The van der Waals surface area contributed by atoms with Gasteiger partial charge in [-0.3, -0.25) is 13.9 Å². The van der Waals surface area contributed by atoms with E-state index in [0.717, 1.165) is 12.1 Å². The molecule has 2 aromatic rings. The Balaban J connectivity index is 2.52. The third-order valence-electron chi connectivity index (χ3n) is 3.95. The third-order valence-corrected chi connectivity index (χ3v) is 3.95. The van der Waals surface area contributed by atoms with Crippen molar-refractivity contribution in [3.8, 4) is 0 Å². The minimum absolute atomic E-state index is 0.322. The molecule has 2 rings (SSSR count). The number of hydrogen-bond acceptors (Lipinski definition) is 5. The van der Waals surface area contributed by atoms with E-state index in [-0.39, 0.29) is 17.4 Å². The van der Waals surface area contributed by atoms with E-state index in [2.05, 4.69) is 10.3 Å². The van der Waals surface area contributed by atoms with Crippen molar-refractivity contribution in [1.82, 2.24) is 14.1 Å². The highest BCUT2D eigenvalue weighted by Gasteiger charge is 2.15. The third kappa shape index (κ3) is 3.44. The van der Waals surface area contributed by atoms with Gasteiger partial charge in [-0.15, -0.1) is 0 Å². The van der Waals surface area contributed by atoms with Crippen molar-refractivity contribution in [2.24, 2.45) is 7.05 Å². The van der Waals surface area contributed by atoms with Crippen molar-refractivity contribution in [3.63, 3.8) is 0 Å². The summed E-state index contributed by atoms with van der Waals surface area (Å²) in [6, 6.07) is 1.80. The fraction of sp³-hybridized carbons (Fsp3) is 0.562. The van der Waals surface area contributed by atoms with Gasteiger partial charge in [-0.2, -0.15) is 0 Å². The van der Waals surface area contributed by atoms with Crippen LogP contribution in [0.3, 0.4) is 0 Å². The van der Waals surface area contributed by atoms with Crippen LogP contribution in [0.2, 0.25) is 0 Å². The molecule has 0 saturated heterocycles. The number of aliphatic hydroxyl groups is 1. The SMILES string of the molecule is CNc1cc(C)nc2c1c(=O)n(CCCC[C@@H](C)O)c(=O)n2C. The topological polar surface area (TPSA) is 89.2 Å². The maximum atomic E-state index is 12.7. The summed E-state index contributed by atoms with van der Waals surface area (Å²) in [4.78, 5) is 29.5. The first-order chi connectivity index (χ1) is 10.9. The zero-order valence-electron chi connectivity index (χ0n) is 14.1. The summed E-state index contributed by atoms with van der Waals surface area (Å²) in [6.45, 7) is 3.89. The molecule has 0 saturated carbocycles. The molecule has 0 amide bonds. The zero-order chi connectivity index (χ0) is 17.1. The summed E-state index contributed by atoms with van der Waals surface area (Å²) in [5.41, 5.74) is 1.12. The minimum Gasteiger partial charge on any atom is -0.393 e. The first-order valence-electron chi connectivity index (χ1n) is 7.83. The number of aliphatic hydroxyl groups excluding tert-OH is 1. The van der Waals surface area contributed by atoms with Gasteiger partial charge in [0.15, 0.2) is 5.65 Å². The van der Waals surface area contributed by atoms with Crippen LogP contribution in [-0.2, 0) is 13.6 Å². The molecule has 126 valence electrons. The molecular weight excluding hydrogens is 296 g/mol. The lowest BCUT2D eigenvalue weighted by Gasteiger charge is -2.13. The molecule has 0 aliphatic heterocycles. The number of aromatic nitrogens is 3. The number of nitrogens with one attached hydrogen (secondary N) is 1. The van der Waals surface area contributed by atoms with Gasteiger partial charge >= 0.3 is 5.69 Å². The van der Waals surface area contributed by atoms with Gasteiger partial charge in [0.1, 0.15) is 5.39 Å². The van der Waals surface area contributed by atoms with Crippen molar-refractivity contribution in [3.05, 3.63) is 32.6 Å². The van der Waals surface area contributed by atoms with Gasteiger partial charge in [-0.05, 0) is 39.2 Å². The highest BCUT2D eigenvalue weighted by Crippen LogP contribution is 2.18. The standard InChI is InChI=1S/C16H24N4O3/c1-10-9-12(17-3)13-14(18-10)19(4)16(23)20(15(13)22)8-6-5-7-11(2)21/h9,11,21H,5-8H2,1-4H3,(H,17,18)/t11-/m1/s1. The minimum atomic E-state index is -0.366. The fourth-order valence-electron chi connectivity index (χ4n) is 2.71. The Morgan fingerprint density at radius 2 is 2.04 bits per heavy atom. The van der Waals surface area contributed by atoms with Crippen LogP contribution in [0.15, 0.2) is 15.7 Å². The average Bonchev–Trinajstić information content (AvgIpc) is 2.50. The van der Waals surface area contributed by atoms with Crippen LogP contribution in [0.4, 0.5) is 5.69 Å². The van der Waals surface area contributed by atoms with Crippen molar-refractivity contribution >= 4 is 16.7 Å². The molecule has 1 atom stereocenters. The summed E-state index contributed by atoms with van der Waals surface area (Å²) < 4.78 is 2.67. The molecule has 2 aromatic heterocycles. The van der Waals surface area contributed by atoms with Gasteiger partial charge in [-0.25, -0.2) is 9.78 Å². The highest BCUT2D eigenvalue weighted by atomic mass is 16.3. The maximum Gasteiger partial charge on any atom is 0.332 e. The molecule has 2 N–H and O–H groups in total. The molecule has 0 spiro atoms. The number of pyridine rings is 1. The molecular formula is C16H24N4O3. The van der Waals surface area contributed by atoms with E-state index in [0.29, 0.717) is 36.1 Å². The van der Waals surface area contributed by atoms with Gasteiger partial charge in [0.2, 0.25) is 0 Å². The Morgan fingerprint density at radius 1 is 1.35 bits per heavy atom. The van der Waals surface area contributed by atoms with Crippen LogP contribution in [0, 0.1) is 6.92 Å². The number of aryl methyl sites for hydroxylation is 2. The van der Waals surface area contributed by atoms with Gasteiger partial charge in [-0.1, -0.05) is 0 Å². The quantitative estimate of drug-likeness (QED) is 0.775. The van der Waals surface area contributed by atoms with Gasteiger partial charge in [0.25, 0.3) is 5.56 Å². The summed E-state index contributed by atoms with van der Waals surface area (Å²) >= 11 is 0. The summed E-state index contributed by atoms with van der Waals surface area (Å²) in [7, 11) is 3.37. The number of anilines is 1. The Hall–Kier alpha value is -2.15. The largest absolute Gasteiger partial charge is 0.393 e. The zero-order valence-corrected chi connectivity index (χ0v) is 14.1. The van der Waals surface area contributed by atoms with Crippen LogP contribution < -0.4 is 16.6 Å². The molecule has 0 radical (unpaired) electrons. The summed E-state index contributed by atoms with van der Waals surface area (Å²) in [5, 5.41) is 12.7. The average molecular weight is 320 g/mol. The molecule has 0 aliphatic rings. The van der Waals surface area contributed by atoms with E-state index in [9.17, 15) is 14.7 Å². The van der Waals surface area contributed by atoms with Gasteiger partial charge in [0, 0.05) is 26.3 Å². The normalized spacial score (nSPS) is 12.6. The first-order valence-corrected chi connectivity index (χ1v) is 7.83. The lowest BCUT2D eigenvalue weighted by atomic mass is 10.2. The number of fused-ring (bicyclic) bond motifs is 1. The molecule has 0 aliphatic carbocycles. The van der Waals surface area contributed by atoms with Crippen LogP contribution in [-0.4, -0.2) is 32.4 Å². The maximum absolute atomic E-state index is 12.7. The van der Waals surface area contributed by atoms with Crippen LogP contribution in [0.25, 0.3) is 11.0 Å². The Morgan fingerprint density at radius 3 is 2.65 bits per heavy atom. The second-order valence-corrected chi connectivity index (χ2v) is 5.90. The first kappa shape index (κ1) is 17.2. The van der Waals surface area contributed by atoms with Crippen molar-refractivity contribution in [2.45, 2.75) is 45.8 Å². The Labute approximate surface area is 134 Å². The Kier molecular flexibility index (Phi) is 5.20. The Bertz CT molecular complexity index is 821. The molecule has 0 unspecified atom stereocenters. The van der Waals surface area contributed by atoms with Crippen LogP contribution in [0.1, 0.15) is 31.9 Å². The van der Waals surface area contributed by atoms with Gasteiger partial charge in [0.05, 0.1) is 11.8 Å². The molecule has 2 heterocycles. The van der Waals surface area contributed by atoms with E-state index in [1.54, 1.807) is 27.1 Å². The second-order valence-electron chi connectivity index (χ2n) is 5.90. The molecule has 0 bridgehead atoms. The van der Waals surface area contributed by atoms with Crippen molar-refractivity contribution in [1.29, 1.82) is 0 Å². The van der Waals surface area contributed by atoms with E-state index in [4.69, 9.17) is 0 Å². The number of unbranched alkanes of at least 4 members (excludes halogenated alkanes) is 1. The van der Waals surface area contributed by atoms with E-state index in [1.807, 2.05) is 6.92 Å². The van der Waals surface area contributed by atoms with E-state index < -0.39 is 0 Å². The van der Waals surface area contributed by atoms with Crippen LogP contribution >= 0.6 is 0 Å². The predicted molar refractivity (Wildman–Crippen MR) is 91.1 cm³/mol. The summed E-state index contributed by atoms with van der Waals surface area (Å²) in [6.07, 6.45) is 1.72. The van der Waals surface area contributed by atoms with Crippen LogP contribution in [0.5, 0.6) is 0 Å². The number of hydrogen-bond donors (Lipinski definition) is 2. The van der Waals surface area contributed by atoms with E-state index in [1.165, 1.54) is 9.13 Å². The lowest BCUT2D eigenvalue weighted by molar-refractivity contribution is 0.180. The molecule has 7 nitrogen and oxygen atoms in total. The predicted octanol–water partition coefficient (Wildman–Crippen LogP) is 0.996. The second kappa shape index (κ2) is 6.95. The lowest BCUT2D eigenvalue weighted by Crippen LogP contribution is -2.39. The highest BCUT2D eigenvalue weighted by molar-refractivity contribution is 5.88. The van der Waals surface area contributed by atoms with Crippen molar-refractivity contribution in [2.75, 3.05) is 12.4 Å². The number of rotatable bonds is 6.